The number of phenols is 1. The molecule has 0 fully saturated rings. The molecule has 1 aliphatic rings. The van der Waals surface area contributed by atoms with Crippen molar-refractivity contribution in [1.82, 2.24) is 14.8 Å². The lowest BCUT2D eigenvalue weighted by molar-refractivity contribution is 0.475. The first-order valence-electron chi connectivity index (χ1n) is 7.37. The molecule has 3 aromatic rings. The SMILES string of the molecule is Cc1ccccc1N=C1SCSc2nnc(-c3ccc(O)cc3)n21. The largest absolute Gasteiger partial charge is 0.508 e. The van der Waals surface area contributed by atoms with E-state index in [1.807, 2.05) is 34.9 Å². The van der Waals surface area contributed by atoms with E-state index in [0.29, 0.717) is 0 Å². The summed E-state index contributed by atoms with van der Waals surface area (Å²) in [7, 11) is 0. The van der Waals surface area contributed by atoms with Crippen LogP contribution in [0.1, 0.15) is 5.56 Å². The summed E-state index contributed by atoms with van der Waals surface area (Å²) in [5.74, 6) is 0.965. The highest BCUT2D eigenvalue weighted by atomic mass is 32.2. The van der Waals surface area contributed by atoms with Gasteiger partial charge in [0.2, 0.25) is 0 Å². The first-order chi connectivity index (χ1) is 11.7. The molecule has 2 aromatic carbocycles. The van der Waals surface area contributed by atoms with Crippen molar-refractivity contribution >= 4 is 34.4 Å². The number of aryl methyl sites for hydroxylation is 1. The van der Waals surface area contributed by atoms with Crippen molar-refractivity contribution in [3.63, 3.8) is 0 Å². The van der Waals surface area contributed by atoms with Crippen molar-refractivity contribution in [3.05, 3.63) is 54.1 Å². The normalized spacial score (nSPS) is 15.5. The number of fused-ring (bicyclic) bond motifs is 1. The number of phenolic OH excluding ortho intramolecular Hbond substituents is 1. The number of para-hydroxylation sites is 1. The minimum atomic E-state index is 0.231. The summed E-state index contributed by atoms with van der Waals surface area (Å²) in [5.41, 5.74) is 2.97. The molecule has 120 valence electrons. The second kappa shape index (κ2) is 6.33. The van der Waals surface area contributed by atoms with Crippen molar-refractivity contribution < 1.29 is 5.11 Å². The summed E-state index contributed by atoms with van der Waals surface area (Å²) in [6, 6.07) is 15.0. The van der Waals surface area contributed by atoms with Gasteiger partial charge in [-0.1, -0.05) is 41.7 Å². The molecule has 5 nitrogen and oxygen atoms in total. The Morgan fingerprint density at radius 2 is 1.83 bits per heavy atom. The fourth-order valence-corrected chi connectivity index (χ4v) is 4.41. The number of aliphatic imine (C=N–C) groups is 1. The van der Waals surface area contributed by atoms with E-state index in [4.69, 9.17) is 4.99 Å². The third-order valence-corrected chi connectivity index (χ3v) is 5.66. The molecule has 1 aromatic heterocycles. The van der Waals surface area contributed by atoms with Gasteiger partial charge < -0.3 is 5.11 Å². The molecule has 0 saturated heterocycles. The van der Waals surface area contributed by atoms with Crippen LogP contribution in [0.25, 0.3) is 11.4 Å². The van der Waals surface area contributed by atoms with E-state index in [-0.39, 0.29) is 5.75 Å². The average Bonchev–Trinajstić information content (AvgIpc) is 3.03. The molecule has 0 amide bonds. The van der Waals surface area contributed by atoms with Crippen LogP contribution in [0.2, 0.25) is 0 Å². The van der Waals surface area contributed by atoms with Crippen molar-refractivity contribution in [2.75, 3.05) is 5.08 Å². The Labute approximate surface area is 147 Å². The van der Waals surface area contributed by atoms with E-state index < -0.39 is 0 Å². The number of aromatic hydroxyl groups is 1. The first-order valence-corrected chi connectivity index (χ1v) is 9.34. The first kappa shape index (κ1) is 15.3. The maximum absolute atomic E-state index is 9.50. The Hall–Kier alpha value is -2.25. The number of nitrogens with zero attached hydrogens (tertiary/aromatic N) is 4. The predicted molar refractivity (Wildman–Crippen MR) is 99.1 cm³/mol. The van der Waals surface area contributed by atoms with Crippen molar-refractivity contribution in [2.45, 2.75) is 12.1 Å². The molecule has 24 heavy (non-hydrogen) atoms. The number of thioether (sulfide) groups is 2. The zero-order chi connectivity index (χ0) is 16.5. The molecule has 7 heteroatoms. The maximum atomic E-state index is 9.50. The Bertz CT molecular complexity index is 919. The van der Waals surface area contributed by atoms with Crippen molar-refractivity contribution in [3.8, 4) is 17.1 Å². The zero-order valence-electron chi connectivity index (χ0n) is 12.9. The number of hydrogen-bond donors (Lipinski definition) is 1. The molecule has 0 spiro atoms. The van der Waals surface area contributed by atoms with E-state index in [1.54, 1.807) is 35.7 Å². The molecule has 1 N–H and O–H groups in total. The Balaban J connectivity index is 1.84. The summed E-state index contributed by atoms with van der Waals surface area (Å²) in [5, 5.41) is 20.7. The van der Waals surface area contributed by atoms with Gasteiger partial charge in [0.05, 0.1) is 10.8 Å². The van der Waals surface area contributed by atoms with E-state index >= 15 is 0 Å². The fourth-order valence-electron chi connectivity index (χ4n) is 2.41. The van der Waals surface area contributed by atoms with Crippen LogP contribution in [-0.4, -0.2) is 30.1 Å². The van der Waals surface area contributed by atoms with Crippen molar-refractivity contribution in [1.29, 1.82) is 0 Å². The van der Waals surface area contributed by atoms with Crippen molar-refractivity contribution in [2.24, 2.45) is 4.99 Å². The highest BCUT2D eigenvalue weighted by molar-refractivity contribution is 8.24. The maximum Gasteiger partial charge on any atom is 0.198 e. The molecule has 0 radical (unpaired) electrons. The molecule has 1 aliphatic heterocycles. The summed E-state index contributed by atoms with van der Waals surface area (Å²) < 4.78 is 1.98. The number of benzene rings is 2. The minimum Gasteiger partial charge on any atom is -0.508 e. The van der Waals surface area contributed by atoms with Crippen LogP contribution in [0.3, 0.4) is 0 Å². The van der Waals surface area contributed by atoms with E-state index in [2.05, 4.69) is 23.2 Å². The van der Waals surface area contributed by atoms with Gasteiger partial charge in [0.1, 0.15) is 5.75 Å². The van der Waals surface area contributed by atoms with Gasteiger partial charge in [-0.3, -0.25) is 0 Å². The highest BCUT2D eigenvalue weighted by Crippen LogP contribution is 2.35. The van der Waals surface area contributed by atoms with Crippen LogP contribution in [0.15, 0.2) is 58.7 Å². The second-order valence-corrected chi connectivity index (χ2v) is 7.53. The fraction of sp³-hybridized carbons (Fsp3) is 0.118. The number of rotatable bonds is 2. The van der Waals surface area contributed by atoms with E-state index in [1.165, 1.54) is 0 Å². The van der Waals surface area contributed by atoms with Crippen LogP contribution in [0.5, 0.6) is 5.75 Å². The zero-order valence-corrected chi connectivity index (χ0v) is 14.5. The average molecular weight is 354 g/mol. The van der Waals surface area contributed by atoms with Crippen LogP contribution < -0.4 is 0 Å². The molecular weight excluding hydrogens is 340 g/mol. The lowest BCUT2D eigenvalue weighted by Gasteiger charge is -2.17. The molecule has 2 heterocycles. The molecule has 0 aliphatic carbocycles. The summed E-state index contributed by atoms with van der Waals surface area (Å²) in [4.78, 5) is 4.83. The molecule has 0 atom stereocenters. The van der Waals surface area contributed by atoms with Gasteiger partial charge in [0, 0.05) is 5.56 Å². The van der Waals surface area contributed by atoms with Gasteiger partial charge in [-0.05, 0) is 42.8 Å². The Morgan fingerprint density at radius 1 is 1.04 bits per heavy atom. The standard InChI is InChI=1S/C17H14N4OS2/c1-11-4-2-3-5-14(11)18-16-21-15(12-6-8-13(22)9-7-12)19-20-17(21)24-10-23-16/h2-9,22H,10H2,1H3. The molecule has 4 rings (SSSR count). The van der Waals surface area contributed by atoms with Gasteiger partial charge in [-0.15, -0.1) is 10.2 Å². The van der Waals surface area contributed by atoms with Gasteiger partial charge in [0.15, 0.2) is 16.1 Å². The highest BCUT2D eigenvalue weighted by Gasteiger charge is 2.23. The quantitative estimate of drug-likeness (QED) is 0.744. The summed E-state index contributed by atoms with van der Waals surface area (Å²) >= 11 is 3.32. The topological polar surface area (TPSA) is 63.3 Å². The van der Waals surface area contributed by atoms with Crippen LogP contribution in [0.4, 0.5) is 5.69 Å². The smallest absolute Gasteiger partial charge is 0.198 e. The summed E-state index contributed by atoms with van der Waals surface area (Å²) in [6.45, 7) is 2.05. The second-order valence-electron chi connectivity index (χ2n) is 5.28. The summed E-state index contributed by atoms with van der Waals surface area (Å²) in [6.07, 6.45) is 0. The molecule has 0 bridgehead atoms. The van der Waals surface area contributed by atoms with E-state index in [0.717, 1.165) is 38.0 Å². The van der Waals surface area contributed by atoms with Crippen LogP contribution in [-0.2, 0) is 0 Å². The third kappa shape index (κ3) is 2.81. The number of aromatic nitrogens is 3. The Kier molecular flexibility index (Phi) is 4.03. The Morgan fingerprint density at radius 3 is 2.62 bits per heavy atom. The van der Waals surface area contributed by atoms with Gasteiger partial charge in [0.25, 0.3) is 0 Å². The molecule has 0 unspecified atom stereocenters. The van der Waals surface area contributed by atoms with Gasteiger partial charge in [-0.25, -0.2) is 9.56 Å². The third-order valence-electron chi connectivity index (χ3n) is 3.66. The van der Waals surface area contributed by atoms with E-state index in [9.17, 15) is 5.11 Å². The monoisotopic (exact) mass is 354 g/mol. The lowest BCUT2D eigenvalue weighted by Crippen LogP contribution is -2.15. The van der Waals surface area contributed by atoms with Crippen LogP contribution >= 0.6 is 23.5 Å². The predicted octanol–water partition coefficient (Wildman–Crippen LogP) is 4.29. The van der Waals surface area contributed by atoms with Crippen LogP contribution in [0, 0.1) is 6.92 Å². The minimum absolute atomic E-state index is 0.231. The number of hydrogen-bond acceptors (Lipinski definition) is 6. The van der Waals surface area contributed by atoms with Gasteiger partial charge in [-0.2, -0.15) is 0 Å². The molecular formula is C17H14N4OS2. The lowest BCUT2D eigenvalue weighted by atomic mass is 10.2. The van der Waals surface area contributed by atoms with Gasteiger partial charge >= 0.3 is 0 Å². The molecule has 0 saturated carbocycles.